The summed E-state index contributed by atoms with van der Waals surface area (Å²) in [5, 5.41) is 29.2. The molecule has 4 aromatic rings. The maximum Gasteiger partial charge on any atom is 0.325 e. The smallest absolute Gasteiger partial charge is 0.325 e. The summed E-state index contributed by atoms with van der Waals surface area (Å²) in [5.74, 6) is 0.00657. The number of aromatic nitrogens is 8. The molecule has 0 aliphatic carbocycles. The Morgan fingerprint density at radius 2 is 1.93 bits per heavy atom. The number of anilines is 2. The molecular weight excluding hydrogens is 643 g/mol. The van der Waals surface area contributed by atoms with Gasteiger partial charge in [-0.3, -0.25) is 23.4 Å². The minimum atomic E-state index is -4.06. The Labute approximate surface area is 257 Å². The highest BCUT2D eigenvalue weighted by Crippen LogP contribution is 2.53. The Balaban J connectivity index is 1.32. The third-order valence-electron chi connectivity index (χ3n) is 6.78. The lowest BCUT2D eigenvalue weighted by molar-refractivity contribution is -0.142. The van der Waals surface area contributed by atoms with E-state index in [9.17, 15) is 25.0 Å². The average Bonchev–Trinajstić information content (AvgIpc) is 3.68. The van der Waals surface area contributed by atoms with Crippen LogP contribution in [0.3, 0.4) is 0 Å². The van der Waals surface area contributed by atoms with Crippen molar-refractivity contribution in [2.45, 2.75) is 48.2 Å². The molecule has 0 aromatic carbocycles. The van der Waals surface area contributed by atoms with E-state index in [1.807, 2.05) is 0 Å². The second-order valence-electron chi connectivity index (χ2n) is 9.72. The third kappa shape index (κ3) is 6.44. The summed E-state index contributed by atoms with van der Waals surface area (Å²) in [7, 11) is 1.40. The fourth-order valence-electron chi connectivity index (χ4n) is 4.67. The monoisotopic (exact) mass is 674 g/mol. The van der Waals surface area contributed by atoms with Crippen molar-refractivity contribution in [3.63, 3.8) is 0 Å². The molecule has 0 spiro atoms. The maximum atomic E-state index is 12.3. The van der Waals surface area contributed by atoms with Crippen LogP contribution >= 0.6 is 18.5 Å². The largest absolute Gasteiger partial charge is 0.395 e. The minimum absolute atomic E-state index is 0.00207. The summed E-state index contributed by atoms with van der Waals surface area (Å²) in [6.45, 7) is -3.55. The van der Waals surface area contributed by atoms with Crippen molar-refractivity contribution in [1.29, 1.82) is 0 Å². The van der Waals surface area contributed by atoms with Crippen LogP contribution in [0.4, 0.5) is 11.8 Å². The third-order valence-corrected chi connectivity index (χ3v) is 9.89. The molecule has 1 aliphatic rings. The summed E-state index contributed by atoms with van der Waals surface area (Å²) in [6, 6.07) is 0. The number of aliphatic hydroxyl groups excluding tert-OH is 3. The number of nitrogens with zero attached hydrogens (tertiary/aromatic N) is 7. The Kier molecular flexibility index (Phi) is 9.82. The fourth-order valence-corrected chi connectivity index (χ4v) is 7.65. The highest BCUT2D eigenvalue weighted by atomic mass is 32.5. The Bertz CT molecular complexity index is 1720. The number of imidazole rings is 2. The Hall–Kier alpha value is -2.82. The van der Waals surface area contributed by atoms with E-state index < -0.39 is 66.8 Å². The van der Waals surface area contributed by atoms with Crippen molar-refractivity contribution in [3.8, 4) is 0 Å². The second-order valence-corrected chi connectivity index (χ2v) is 13.9. The summed E-state index contributed by atoms with van der Waals surface area (Å²) in [5.41, 5.74) is 11.8. The van der Waals surface area contributed by atoms with E-state index in [0.717, 1.165) is 11.8 Å². The molecular formula is C22H31N10O9PS2. The van der Waals surface area contributed by atoms with Crippen molar-refractivity contribution in [1.82, 2.24) is 39.0 Å². The summed E-state index contributed by atoms with van der Waals surface area (Å²) in [4.78, 5) is 46.2. The SMILES string of the molecule is CO[C@H](CO)[C@@H](OC(C)COP(O)(=S)O[C@@H]1[C@H](O)[C@@H](CO)S[C@H]1n1cnc2c(=O)[nH]c(N)nc21)n1cnc2c(N)ncnc21. The molecule has 4 aromatic heterocycles. The lowest BCUT2D eigenvalue weighted by atomic mass is 10.1. The molecule has 0 bridgehead atoms. The van der Waals surface area contributed by atoms with Gasteiger partial charge in [-0.15, -0.1) is 11.8 Å². The number of nitrogens with one attached hydrogen (secondary N) is 1. The maximum absolute atomic E-state index is 12.3. The molecule has 44 heavy (non-hydrogen) atoms. The van der Waals surface area contributed by atoms with Gasteiger partial charge >= 0.3 is 6.72 Å². The van der Waals surface area contributed by atoms with Crippen LogP contribution in [0.25, 0.3) is 22.3 Å². The molecule has 0 radical (unpaired) electrons. The molecule has 1 saturated heterocycles. The van der Waals surface area contributed by atoms with Gasteiger partial charge in [0.2, 0.25) is 5.95 Å². The van der Waals surface area contributed by atoms with Gasteiger partial charge in [0.05, 0.1) is 49.9 Å². The molecule has 240 valence electrons. The van der Waals surface area contributed by atoms with Gasteiger partial charge < -0.3 is 45.7 Å². The van der Waals surface area contributed by atoms with Gasteiger partial charge in [-0.05, 0) is 18.7 Å². The van der Waals surface area contributed by atoms with E-state index in [0.29, 0.717) is 11.2 Å². The molecule has 0 amide bonds. The van der Waals surface area contributed by atoms with E-state index in [-0.39, 0.29) is 29.5 Å². The molecule has 5 rings (SSSR count). The second kappa shape index (κ2) is 13.3. The molecule has 19 nitrogen and oxygen atoms in total. The summed E-state index contributed by atoms with van der Waals surface area (Å²) in [6.07, 6.45) is -1.08. The lowest BCUT2D eigenvalue weighted by Gasteiger charge is -2.30. The molecule has 9 N–H and O–H groups in total. The predicted octanol–water partition coefficient (Wildman–Crippen LogP) is -1.38. The van der Waals surface area contributed by atoms with E-state index in [2.05, 4.69) is 29.9 Å². The van der Waals surface area contributed by atoms with Crippen LogP contribution < -0.4 is 17.0 Å². The normalized spacial score (nSPS) is 24.0. The van der Waals surface area contributed by atoms with Gasteiger partial charge in [0.25, 0.3) is 5.56 Å². The van der Waals surface area contributed by atoms with Crippen molar-refractivity contribution in [2.24, 2.45) is 0 Å². The van der Waals surface area contributed by atoms with E-state index in [1.54, 1.807) is 6.92 Å². The number of nitrogens with two attached hydrogens (primary N) is 2. The number of H-pyrrole nitrogens is 1. The molecule has 8 atom stereocenters. The quantitative estimate of drug-likeness (QED) is 0.0805. The summed E-state index contributed by atoms with van der Waals surface area (Å²) >= 11 is 6.38. The van der Waals surface area contributed by atoms with Crippen LogP contribution in [-0.2, 0) is 30.3 Å². The van der Waals surface area contributed by atoms with Gasteiger partial charge in [-0.25, -0.2) is 19.9 Å². The number of ether oxygens (including phenoxy) is 2. The number of methoxy groups -OCH3 is 1. The average molecular weight is 675 g/mol. The number of nitrogen functional groups attached to an aromatic ring is 2. The molecule has 1 aliphatic heterocycles. The van der Waals surface area contributed by atoms with Crippen LogP contribution in [0, 0.1) is 0 Å². The van der Waals surface area contributed by atoms with Crippen molar-refractivity contribution in [2.75, 3.05) is 38.4 Å². The minimum Gasteiger partial charge on any atom is -0.395 e. The first-order valence-electron chi connectivity index (χ1n) is 13.0. The van der Waals surface area contributed by atoms with Crippen LogP contribution in [0.5, 0.6) is 0 Å². The van der Waals surface area contributed by atoms with Crippen LogP contribution in [0.2, 0.25) is 0 Å². The number of aliphatic hydroxyl groups is 3. The van der Waals surface area contributed by atoms with Crippen LogP contribution in [-0.4, -0.2) is 116 Å². The number of aromatic amines is 1. The van der Waals surface area contributed by atoms with Gasteiger partial charge in [0, 0.05) is 7.11 Å². The zero-order valence-corrected chi connectivity index (χ0v) is 25.8. The molecule has 1 fully saturated rings. The molecule has 2 unspecified atom stereocenters. The first kappa shape index (κ1) is 32.6. The highest BCUT2D eigenvalue weighted by Gasteiger charge is 2.48. The number of hydrogen-bond donors (Lipinski definition) is 7. The standard InChI is InChI=1S/C22H31N10O9PS2/c1-9(40-20(10(3-33)38-2)31-7-27-12-16(23)25-6-26-17(12)31)5-39-42(37,43)41-15-14(35)11(4-34)44-21(15)32-8-28-13-18(32)29-22(24)30-19(13)36/h6-11,14-15,20-21,33-35H,3-5H2,1-2H3,(H,37,43)(H2,23,25,26)(H3,24,29,30,36)/t9?,10-,11-,14-,15-,20-,21-,42?/m1/s1. The van der Waals surface area contributed by atoms with E-state index in [4.69, 9.17) is 41.8 Å². The number of thioether (sulfide) groups is 1. The molecule has 22 heteroatoms. The van der Waals surface area contributed by atoms with Crippen molar-refractivity contribution >= 4 is 64.4 Å². The van der Waals surface area contributed by atoms with Gasteiger partial charge in [0.1, 0.15) is 29.4 Å². The predicted molar refractivity (Wildman–Crippen MR) is 161 cm³/mol. The van der Waals surface area contributed by atoms with Crippen LogP contribution in [0.1, 0.15) is 18.5 Å². The number of rotatable bonds is 13. The fraction of sp³-hybridized carbons (Fsp3) is 0.545. The topological polar surface area (TPSA) is 277 Å². The van der Waals surface area contributed by atoms with E-state index in [1.165, 1.54) is 35.2 Å². The lowest BCUT2D eigenvalue weighted by Crippen LogP contribution is -2.36. The molecule has 5 heterocycles. The first-order chi connectivity index (χ1) is 21.0. The van der Waals surface area contributed by atoms with Crippen molar-refractivity contribution < 1.29 is 38.7 Å². The Morgan fingerprint density at radius 3 is 2.64 bits per heavy atom. The van der Waals surface area contributed by atoms with Gasteiger partial charge in [-0.1, -0.05) is 0 Å². The van der Waals surface area contributed by atoms with Crippen LogP contribution in [0.15, 0.2) is 23.8 Å². The van der Waals surface area contributed by atoms with Gasteiger partial charge in [0.15, 0.2) is 28.9 Å². The van der Waals surface area contributed by atoms with Gasteiger partial charge in [-0.2, -0.15) is 4.98 Å². The number of fused-ring (bicyclic) bond motifs is 2. The zero-order chi connectivity index (χ0) is 31.8. The molecule has 0 saturated carbocycles. The highest BCUT2D eigenvalue weighted by molar-refractivity contribution is 8.07. The van der Waals surface area contributed by atoms with Crippen molar-refractivity contribution in [3.05, 3.63) is 29.3 Å². The van der Waals surface area contributed by atoms with E-state index >= 15 is 0 Å². The zero-order valence-electron chi connectivity index (χ0n) is 23.3. The first-order valence-corrected chi connectivity index (χ1v) is 16.6. The Morgan fingerprint density at radius 1 is 1.18 bits per heavy atom. The summed E-state index contributed by atoms with van der Waals surface area (Å²) < 4.78 is 25.9. The number of hydrogen-bond acceptors (Lipinski definition) is 17.